The van der Waals surface area contributed by atoms with Gasteiger partial charge in [0.05, 0.1) is 7.11 Å². The third-order valence-corrected chi connectivity index (χ3v) is 5.03. The zero-order chi connectivity index (χ0) is 19.9. The van der Waals surface area contributed by atoms with Gasteiger partial charge in [-0.2, -0.15) is 0 Å². The predicted octanol–water partition coefficient (Wildman–Crippen LogP) is 3.18. The summed E-state index contributed by atoms with van der Waals surface area (Å²) in [6.45, 7) is 4.25. The fraction of sp³-hybridized carbons (Fsp3) is 0.381. The molecule has 1 unspecified atom stereocenters. The number of anilines is 1. The monoisotopic (exact) mass is 387 g/mol. The molecule has 0 radical (unpaired) electrons. The van der Waals surface area contributed by atoms with Crippen molar-refractivity contribution in [3.8, 4) is 5.75 Å². The molecule has 28 heavy (non-hydrogen) atoms. The molecule has 7 heteroatoms. The molecule has 6 nitrogen and oxygen atoms in total. The smallest absolute Gasteiger partial charge is 0.405 e. The first kappa shape index (κ1) is 19.9. The fourth-order valence-electron chi connectivity index (χ4n) is 3.48. The van der Waals surface area contributed by atoms with Crippen LogP contribution in [0, 0.1) is 5.82 Å². The minimum atomic E-state index is -0.891. The first-order valence-electron chi connectivity index (χ1n) is 9.38. The number of rotatable bonds is 7. The molecule has 0 spiro atoms. The van der Waals surface area contributed by atoms with Crippen LogP contribution in [0.25, 0.3) is 0 Å². The lowest BCUT2D eigenvalue weighted by Gasteiger charge is -2.36. The highest BCUT2D eigenvalue weighted by Gasteiger charge is 2.22. The van der Waals surface area contributed by atoms with Gasteiger partial charge >= 0.3 is 6.09 Å². The van der Waals surface area contributed by atoms with Crippen LogP contribution in [0.2, 0.25) is 0 Å². The summed E-state index contributed by atoms with van der Waals surface area (Å²) in [6.07, 6.45) is -1.08. The predicted molar refractivity (Wildman–Crippen MR) is 106 cm³/mol. The summed E-state index contributed by atoms with van der Waals surface area (Å²) in [7, 11) is 1.66. The maximum absolute atomic E-state index is 14.1. The van der Waals surface area contributed by atoms with Crippen molar-refractivity contribution in [1.29, 1.82) is 0 Å². The first-order chi connectivity index (χ1) is 13.6. The van der Waals surface area contributed by atoms with Crippen LogP contribution in [0.4, 0.5) is 14.9 Å². The Morgan fingerprint density at radius 2 is 1.79 bits per heavy atom. The van der Waals surface area contributed by atoms with Gasteiger partial charge in [0.1, 0.15) is 17.7 Å². The van der Waals surface area contributed by atoms with E-state index in [4.69, 9.17) is 15.2 Å². The Balaban J connectivity index is 1.54. The van der Waals surface area contributed by atoms with E-state index in [2.05, 4.69) is 21.9 Å². The van der Waals surface area contributed by atoms with Gasteiger partial charge in [0, 0.05) is 50.4 Å². The number of methoxy groups -OCH3 is 1. The van der Waals surface area contributed by atoms with Crippen LogP contribution >= 0.6 is 0 Å². The van der Waals surface area contributed by atoms with Crippen LogP contribution in [0.1, 0.15) is 18.1 Å². The van der Waals surface area contributed by atoms with Gasteiger partial charge in [-0.05, 0) is 30.3 Å². The van der Waals surface area contributed by atoms with Gasteiger partial charge in [-0.1, -0.05) is 18.2 Å². The van der Waals surface area contributed by atoms with Crippen molar-refractivity contribution in [1.82, 2.24) is 4.90 Å². The van der Waals surface area contributed by atoms with Crippen molar-refractivity contribution in [2.45, 2.75) is 12.5 Å². The van der Waals surface area contributed by atoms with E-state index < -0.39 is 18.0 Å². The minimum Gasteiger partial charge on any atom is -0.497 e. The molecule has 0 aromatic heterocycles. The molecule has 150 valence electrons. The molecule has 1 aliphatic rings. The number of primary amides is 1. The second kappa shape index (κ2) is 9.41. The molecule has 1 aliphatic heterocycles. The molecular formula is C21H26FN3O3. The molecule has 2 aromatic carbocycles. The third-order valence-electron chi connectivity index (χ3n) is 5.03. The van der Waals surface area contributed by atoms with E-state index in [0.717, 1.165) is 31.9 Å². The van der Waals surface area contributed by atoms with Crippen LogP contribution < -0.4 is 15.4 Å². The molecule has 2 N–H and O–H groups in total. The molecule has 1 saturated heterocycles. The lowest BCUT2D eigenvalue weighted by Crippen LogP contribution is -2.46. The van der Waals surface area contributed by atoms with E-state index in [1.54, 1.807) is 25.3 Å². The zero-order valence-electron chi connectivity index (χ0n) is 16.0. The number of carbonyl (C=O) groups excluding carboxylic acids is 1. The SMILES string of the molecule is COc1ccc(N2CCN(CCC(OC(N)=O)c3ccccc3F)CC2)cc1. The molecule has 1 fully saturated rings. The molecule has 0 aliphatic carbocycles. The Morgan fingerprint density at radius 1 is 1.11 bits per heavy atom. The number of piperazine rings is 1. The van der Waals surface area contributed by atoms with Crippen molar-refractivity contribution in [2.75, 3.05) is 44.7 Å². The van der Waals surface area contributed by atoms with Gasteiger partial charge in [-0.15, -0.1) is 0 Å². The van der Waals surface area contributed by atoms with Gasteiger partial charge in [-0.25, -0.2) is 9.18 Å². The van der Waals surface area contributed by atoms with Crippen molar-refractivity contribution in [3.63, 3.8) is 0 Å². The average Bonchev–Trinajstić information content (AvgIpc) is 2.72. The molecular weight excluding hydrogens is 361 g/mol. The maximum Gasteiger partial charge on any atom is 0.405 e. The topological polar surface area (TPSA) is 68.0 Å². The van der Waals surface area contributed by atoms with Crippen LogP contribution in [-0.4, -0.2) is 50.8 Å². The molecule has 1 amide bonds. The normalized spacial score (nSPS) is 15.9. The number of hydrogen-bond donors (Lipinski definition) is 1. The average molecular weight is 387 g/mol. The van der Waals surface area contributed by atoms with Crippen LogP contribution in [0.5, 0.6) is 5.75 Å². The Labute approximate surface area is 164 Å². The van der Waals surface area contributed by atoms with E-state index in [9.17, 15) is 9.18 Å². The summed E-state index contributed by atoms with van der Waals surface area (Å²) >= 11 is 0. The second-order valence-corrected chi connectivity index (χ2v) is 6.76. The number of carbonyl (C=O) groups is 1. The largest absolute Gasteiger partial charge is 0.497 e. The van der Waals surface area contributed by atoms with E-state index >= 15 is 0 Å². The first-order valence-corrected chi connectivity index (χ1v) is 9.38. The lowest BCUT2D eigenvalue weighted by atomic mass is 10.1. The summed E-state index contributed by atoms with van der Waals surface area (Å²) in [5, 5.41) is 0. The van der Waals surface area contributed by atoms with Gasteiger partial charge in [0.2, 0.25) is 0 Å². The van der Waals surface area contributed by atoms with Crippen molar-refractivity contribution in [3.05, 3.63) is 59.9 Å². The summed E-state index contributed by atoms with van der Waals surface area (Å²) in [5.74, 6) is 0.453. The standard InChI is InChI=1S/C21H26FN3O3/c1-27-17-8-6-16(7-9-17)25-14-12-24(13-15-25)11-10-20(28-21(23)26)18-4-2-3-5-19(18)22/h2-9,20H,10-15H2,1H3,(H2,23,26). The minimum absolute atomic E-state index is 0.359. The van der Waals surface area contributed by atoms with Gasteiger partial charge in [0.25, 0.3) is 0 Å². The van der Waals surface area contributed by atoms with E-state index in [1.807, 2.05) is 12.1 Å². The molecule has 0 saturated carbocycles. The van der Waals surface area contributed by atoms with Crippen LogP contribution in [-0.2, 0) is 4.74 Å². The highest BCUT2D eigenvalue weighted by Crippen LogP contribution is 2.25. The number of benzene rings is 2. The van der Waals surface area contributed by atoms with E-state index in [1.165, 1.54) is 11.8 Å². The molecule has 2 aromatic rings. The number of halogens is 1. The summed E-state index contributed by atoms with van der Waals surface area (Å²) in [4.78, 5) is 15.9. The summed E-state index contributed by atoms with van der Waals surface area (Å²) in [5.41, 5.74) is 6.71. The number of nitrogens with zero attached hydrogens (tertiary/aromatic N) is 2. The Bertz CT molecular complexity index is 777. The van der Waals surface area contributed by atoms with Gasteiger partial charge < -0.3 is 20.1 Å². The van der Waals surface area contributed by atoms with Gasteiger partial charge in [0.15, 0.2) is 0 Å². The number of amides is 1. The zero-order valence-corrected chi connectivity index (χ0v) is 16.0. The van der Waals surface area contributed by atoms with E-state index in [-0.39, 0.29) is 0 Å². The van der Waals surface area contributed by atoms with Crippen molar-refractivity contribution < 1.29 is 18.7 Å². The fourth-order valence-corrected chi connectivity index (χ4v) is 3.48. The Hall–Kier alpha value is -2.80. The van der Waals surface area contributed by atoms with Crippen LogP contribution in [0.15, 0.2) is 48.5 Å². The molecule has 0 bridgehead atoms. The summed E-state index contributed by atoms with van der Waals surface area (Å²) < 4.78 is 24.5. The number of nitrogens with two attached hydrogens (primary N) is 1. The number of hydrogen-bond acceptors (Lipinski definition) is 5. The van der Waals surface area contributed by atoms with E-state index in [0.29, 0.717) is 18.5 Å². The second-order valence-electron chi connectivity index (χ2n) is 6.76. The highest BCUT2D eigenvalue weighted by molar-refractivity contribution is 5.65. The number of ether oxygens (including phenoxy) is 2. The third kappa shape index (κ3) is 5.13. The quantitative estimate of drug-likeness (QED) is 0.790. The lowest BCUT2D eigenvalue weighted by molar-refractivity contribution is 0.0890. The summed E-state index contributed by atoms with van der Waals surface area (Å²) in [6, 6.07) is 14.4. The van der Waals surface area contributed by atoms with Crippen molar-refractivity contribution in [2.24, 2.45) is 5.73 Å². The van der Waals surface area contributed by atoms with Gasteiger partial charge in [-0.3, -0.25) is 4.90 Å². The van der Waals surface area contributed by atoms with Crippen molar-refractivity contribution >= 4 is 11.8 Å². The maximum atomic E-state index is 14.1. The Morgan fingerprint density at radius 3 is 2.39 bits per heavy atom. The Kier molecular flexibility index (Phi) is 6.71. The molecule has 3 rings (SSSR count). The molecule has 1 atom stereocenters. The highest BCUT2D eigenvalue weighted by atomic mass is 19.1. The van der Waals surface area contributed by atoms with Crippen LogP contribution in [0.3, 0.4) is 0 Å². The molecule has 1 heterocycles.